The van der Waals surface area contributed by atoms with Crippen molar-refractivity contribution in [2.24, 2.45) is 0 Å². The molecule has 0 aliphatic heterocycles. The Morgan fingerprint density at radius 2 is 0.548 bits per heavy atom. The average molecular weight is 599 g/mol. The van der Waals surface area contributed by atoms with Gasteiger partial charge in [0.25, 0.3) is 0 Å². The summed E-state index contributed by atoms with van der Waals surface area (Å²) in [5, 5.41) is 0. The largest absolute Gasteiger partial charge is 0.462 e. The average Bonchev–Trinajstić information content (AvgIpc) is 3.00. The highest BCUT2D eigenvalue weighted by Gasteiger charge is 2.06. The number of hydrogen-bond acceptors (Lipinski definition) is 4. The summed E-state index contributed by atoms with van der Waals surface area (Å²) in [7, 11) is 0. The van der Waals surface area contributed by atoms with E-state index in [9.17, 15) is 9.59 Å². The Hall–Kier alpha value is -1.06. The van der Waals surface area contributed by atoms with E-state index < -0.39 is 25.1 Å². The van der Waals surface area contributed by atoms with Crippen LogP contribution < -0.4 is 0 Å². The molecule has 250 valence electrons. The molecule has 4 heteroatoms. The van der Waals surface area contributed by atoms with Gasteiger partial charge in [-0.25, -0.2) is 0 Å². The predicted molar refractivity (Wildman–Crippen MR) is 181 cm³/mol. The van der Waals surface area contributed by atoms with Crippen molar-refractivity contribution < 1.29 is 24.5 Å². The van der Waals surface area contributed by atoms with Crippen LogP contribution in [-0.4, -0.2) is 25.1 Å². The molecule has 0 aliphatic carbocycles. The van der Waals surface area contributed by atoms with Crippen LogP contribution in [0.3, 0.4) is 0 Å². The molecule has 0 saturated carbocycles. The zero-order chi connectivity index (χ0) is 34.2. The molecule has 0 heterocycles. The highest BCUT2D eigenvalue weighted by molar-refractivity contribution is 5.70. The Labute approximate surface area is 268 Å². The molecular weight excluding hydrogens is 520 g/mol. The Bertz CT molecular complexity index is 644. The number of esters is 2. The van der Waals surface area contributed by atoms with Gasteiger partial charge in [0, 0.05) is 12.8 Å². The zero-order valence-electron chi connectivity index (χ0n) is 32.3. The first kappa shape index (κ1) is 33.8. The van der Waals surface area contributed by atoms with Crippen LogP contribution in [0.4, 0.5) is 0 Å². The van der Waals surface area contributed by atoms with Crippen molar-refractivity contribution in [3.8, 4) is 0 Å². The lowest BCUT2D eigenvalue weighted by molar-refractivity contribution is -0.152. The van der Waals surface area contributed by atoms with Crippen molar-refractivity contribution in [2.45, 2.75) is 219 Å². The van der Waals surface area contributed by atoms with E-state index in [0.717, 1.165) is 38.5 Å². The van der Waals surface area contributed by atoms with Gasteiger partial charge in [-0.1, -0.05) is 194 Å². The smallest absolute Gasteiger partial charge is 0.305 e. The van der Waals surface area contributed by atoms with Crippen LogP contribution in [0, 0.1) is 0 Å². The minimum Gasteiger partial charge on any atom is -0.462 e. The molecule has 0 N–H and O–H groups in total. The van der Waals surface area contributed by atoms with Crippen LogP contribution in [0.2, 0.25) is 0 Å². The Kier molecular flexibility index (Phi) is 29.1. The normalized spacial score (nSPS) is 13.3. The molecule has 0 aromatic heterocycles. The maximum Gasteiger partial charge on any atom is 0.305 e. The summed E-state index contributed by atoms with van der Waals surface area (Å²) in [6, 6.07) is 0. The fraction of sp³-hybridized carbons (Fsp3) is 0.947. The van der Waals surface area contributed by atoms with Crippen LogP contribution in [0.15, 0.2) is 0 Å². The molecule has 0 amide bonds. The summed E-state index contributed by atoms with van der Waals surface area (Å²) in [6.07, 6.45) is 36.4. The summed E-state index contributed by atoms with van der Waals surface area (Å²) in [5.41, 5.74) is 0. The maximum absolute atomic E-state index is 12.2. The van der Waals surface area contributed by atoms with E-state index in [-0.39, 0.29) is 12.8 Å². The third kappa shape index (κ3) is 35.1. The first-order chi connectivity index (χ1) is 22.2. The van der Waals surface area contributed by atoms with E-state index in [2.05, 4.69) is 13.8 Å². The third-order valence-corrected chi connectivity index (χ3v) is 8.34. The minimum absolute atomic E-state index is 0.0287. The number of unbranched alkanes of at least 4 members (excludes halogenated alkanes) is 28. The van der Waals surface area contributed by atoms with Crippen molar-refractivity contribution in [1.29, 1.82) is 0 Å². The fourth-order valence-electron chi connectivity index (χ4n) is 5.54. The molecule has 0 spiro atoms. The highest BCUT2D eigenvalue weighted by atomic mass is 16.6. The lowest BCUT2D eigenvalue weighted by atomic mass is 10.0. The van der Waals surface area contributed by atoms with E-state index >= 15 is 0 Å². The van der Waals surface area contributed by atoms with Crippen molar-refractivity contribution in [3.05, 3.63) is 0 Å². The van der Waals surface area contributed by atoms with Crippen molar-refractivity contribution in [3.63, 3.8) is 0 Å². The molecule has 4 nitrogen and oxygen atoms in total. The van der Waals surface area contributed by atoms with Crippen LogP contribution in [0.5, 0.6) is 0 Å². The first-order valence-electron chi connectivity index (χ1n) is 20.6. The van der Waals surface area contributed by atoms with Gasteiger partial charge in [0.05, 0.1) is 5.48 Å². The lowest BCUT2D eigenvalue weighted by Crippen LogP contribution is -2.13. The molecular formula is C38H74O4. The Morgan fingerprint density at radius 3 is 0.762 bits per heavy atom. The van der Waals surface area contributed by atoms with Crippen molar-refractivity contribution in [1.82, 2.24) is 0 Å². The second-order valence-corrected chi connectivity index (χ2v) is 12.6. The highest BCUT2D eigenvalue weighted by Crippen LogP contribution is 2.15. The van der Waals surface area contributed by atoms with Gasteiger partial charge in [-0.05, 0) is 12.8 Å². The number of carbonyl (C=O) groups is 2. The van der Waals surface area contributed by atoms with Crippen LogP contribution >= 0.6 is 0 Å². The van der Waals surface area contributed by atoms with Gasteiger partial charge in [0.1, 0.15) is 13.1 Å². The summed E-state index contributed by atoms with van der Waals surface area (Å²) in [6.45, 7) is -1.57. The second-order valence-electron chi connectivity index (χ2n) is 12.6. The standard InChI is InChI=1S/C38H74O4/c1-3-5-7-9-11-13-15-17-19-21-23-25-27-29-31-33-37(39)41-35-36-42-38(40)34-32-30-28-26-24-22-20-18-16-14-12-10-8-6-4-2/h3-36H2,1-2H3/i35D2,36D2. The molecule has 0 aliphatic rings. The van der Waals surface area contributed by atoms with Gasteiger partial charge in [-0.3, -0.25) is 9.59 Å². The van der Waals surface area contributed by atoms with Gasteiger partial charge < -0.3 is 9.47 Å². The molecule has 0 aromatic carbocycles. The van der Waals surface area contributed by atoms with Gasteiger partial charge in [0.15, 0.2) is 0 Å². The quantitative estimate of drug-likeness (QED) is 0.0538. The summed E-state index contributed by atoms with van der Waals surface area (Å²) < 4.78 is 41.2. The molecule has 0 fully saturated rings. The summed E-state index contributed by atoms with van der Waals surface area (Å²) in [4.78, 5) is 24.4. The van der Waals surface area contributed by atoms with E-state index in [1.807, 2.05) is 0 Å². The van der Waals surface area contributed by atoms with Gasteiger partial charge in [0.2, 0.25) is 0 Å². The van der Waals surface area contributed by atoms with Crippen LogP contribution in [-0.2, 0) is 19.1 Å². The molecule has 0 aromatic rings. The Balaban J connectivity index is 3.77. The second kappa shape index (κ2) is 36.1. The summed E-state index contributed by atoms with van der Waals surface area (Å²) >= 11 is 0. The Morgan fingerprint density at radius 1 is 0.357 bits per heavy atom. The zero-order valence-corrected chi connectivity index (χ0v) is 28.3. The number of carbonyl (C=O) groups excluding carboxylic acids is 2. The molecule has 0 radical (unpaired) electrons. The van der Waals surface area contributed by atoms with E-state index in [4.69, 9.17) is 15.0 Å². The maximum atomic E-state index is 12.2. The van der Waals surface area contributed by atoms with Crippen LogP contribution in [0.25, 0.3) is 0 Å². The SMILES string of the molecule is [2H]C([2H])(OC(=O)CCCCCCCCCCCCCCCCC)C([2H])([2H])OC(=O)CCCCCCCCCCCCCCCCC. The number of hydrogen-bond donors (Lipinski definition) is 0. The fourth-order valence-corrected chi connectivity index (χ4v) is 5.54. The van der Waals surface area contributed by atoms with Crippen molar-refractivity contribution >= 4 is 11.9 Å². The molecule has 0 bridgehead atoms. The molecule has 0 saturated heterocycles. The third-order valence-electron chi connectivity index (χ3n) is 8.34. The summed E-state index contributed by atoms with van der Waals surface area (Å²) in [5.74, 6) is -1.61. The molecule has 0 atom stereocenters. The predicted octanol–water partition coefficient (Wildman–Crippen LogP) is 12.6. The number of rotatable bonds is 35. The topological polar surface area (TPSA) is 52.6 Å². The van der Waals surface area contributed by atoms with E-state index in [1.165, 1.54) is 141 Å². The monoisotopic (exact) mass is 599 g/mol. The van der Waals surface area contributed by atoms with E-state index in [1.54, 1.807) is 0 Å². The number of ether oxygens (including phenoxy) is 2. The molecule has 0 rings (SSSR count). The molecule has 42 heavy (non-hydrogen) atoms. The first-order valence-corrected chi connectivity index (χ1v) is 18.6. The lowest BCUT2D eigenvalue weighted by Gasteiger charge is -2.07. The van der Waals surface area contributed by atoms with Gasteiger partial charge in [-0.15, -0.1) is 0 Å². The van der Waals surface area contributed by atoms with Gasteiger partial charge >= 0.3 is 11.9 Å². The van der Waals surface area contributed by atoms with Crippen LogP contribution in [0.1, 0.15) is 225 Å². The van der Waals surface area contributed by atoms with Gasteiger partial charge in [-0.2, -0.15) is 0 Å². The molecule has 0 unspecified atom stereocenters. The van der Waals surface area contributed by atoms with E-state index in [0.29, 0.717) is 12.8 Å². The minimum atomic E-state index is -3.04. The van der Waals surface area contributed by atoms with Crippen molar-refractivity contribution in [2.75, 3.05) is 13.1 Å².